The van der Waals surface area contributed by atoms with Crippen LogP contribution in [0.2, 0.25) is 5.15 Å². The molecule has 4 rings (SSSR count). The summed E-state index contributed by atoms with van der Waals surface area (Å²) in [5, 5.41) is 13.5. The molecule has 0 spiro atoms. The molecule has 0 aliphatic heterocycles. The Labute approximate surface area is 208 Å². The van der Waals surface area contributed by atoms with Crippen LogP contribution in [0.4, 0.5) is 5.82 Å². The molecule has 1 amide bonds. The van der Waals surface area contributed by atoms with Crippen LogP contribution in [0, 0.1) is 5.92 Å². The van der Waals surface area contributed by atoms with Crippen LogP contribution < -0.4 is 21.5 Å². The minimum Gasteiger partial charge on any atom is -0.365 e. The Kier molecular flexibility index (Phi) is 9.43. The van der Waals surface area contributed by atoms with E-state index in [0.29, 0.717) is 6.54 Å². The number of amides is 1. The molecule has 1 aliphatic rings. The molecular formula is C22H28Cl2N8O2. The summed E-state index contributed by atoms with van der Waals surface area (Å²) in [5.41, 5.74) is 1.25. The molecule has 1 fully saturated rings. The van der Waals surface area contributed by atoms with Crippen molar-refractivity contribution in [3.8, 4) is 5.69 Å². The van der Waals surface area contributed by atoms with Crippen molar-refractivity contribution in [1.82, 2.24) is 34.9 Å². The summed E-state index contributed by atoms with van der Waals surface area (Å²) in [6.07, 6.45) is 7.92. The zero-order chi connectivity index (χ0) is 23.0. The summed E-state index contributed by atoms with van der Waals surface area (Å²) < 4.78 is 2.84. The molecule has 2 aromatic heterocycles. The van der Waals surface area contributed by atoms with Gasteiger partial charge in [0.1, 0.15) is 24.4 Å². The number of carbonyl (C=O) groups excluding carboxylic acids is 1. The minimum absolute atomic E-state index is 0. The summed E-state index contributed by atoms with van der Waals surface area (Å²) in [6.45, 7) is 2.61. The first-order valence-corrected chi connectivity index (χ1v) is 11.4. The van der Waals surface area contributed by atoms with Gasteiger partial charge in [-0.05, 0) is 49.9 Å². The number of anilines is 1. The predicted molar refractivity (Wildman–Crippen MR) is 133 cm³/mol. The fourth-order valence-electron chi connectivity index (χ4n) is 3.39. The van der Waals surface area contributed by atoms with Crippen molar-refractivity contribution in [2.24, 2.45) is 5.92 Å². The van der Waals surface area contributed by atoms with Crippen LogP contribution in [-0.4, -0.2) is 49.9 Å². The van der Waals surface area contributed by atoms with Gasteiger partial charge in [-0.2, -0.15) is 5.10 Å². The van der Waals surface area contributed by atoms with Crippen molar-refractivity contribution >= 4 is 35.7 Å². The number of para-hydroxylation sites is 1. The highest BCUT2D eigenvalue weighted by molar-refractivity contribution is 6.29. The Morgan fingerprint density at radius 1 is 1.21 bits per heavy atom. The number of nitrogens with one attached hydrogen (secondary N) is 3. The van der Waals surface area contributed by atoms with Gasteiger partial charge in [-0.1, -0.05) is 29.8 Å². The van der Waals surface area contributed by atoms with Crippen LogP contribution in [0.3, 0.4) is 0 Å². The van der Waals surface area contributed by atoms with Crippen LogP contribution in [0.15, 0.2) is 47.9 Å². The maximum absolute atomic E-state index is 12.8. The molecule has 12 heteroatoms. The van der Waals surface area contributed by atoms with Crippen molar-refractivity contribution in [2.45, 2.75) is 32.4 Å². The number of aromatic nitrogens is 5. The lowest BCUT2D eigenvalue weighted by Crippen LogP contribution is -2.34. The van der Waals surface area contributed by atoms with E-state index in [1.165, 1.54) is 29.9 Å². The fraction of sp³-hybridized carbons (Fsp3) is 0.409. The third-order valence-corrected chi connectivity index (χ3v) is 5.70. The largest absolute Gasteiger partial charge is 0.365 e. The van der Waals surface area contributed by atoms with Gasteiger partial charge in [0, 0.05) is 13.1 Å². The van der Waals surface area contributed by atoms with E-state index < -0.39 is 5.56 Å². The minimum atomic E-state index is -0.424. The summed E-state index contributed by atoms with van der Waals surface area (Å²) in [4.78, 5) is 33.4. The Hall–Kier alpha value is -2.95. The van der Waals surface area contributed by atoms with E-state index in [1.807, 2.05) is 24.3 Å². The van der Waals surface area contributed by atoms with Gasteiger partial charge < -0.3 is 16.0 Å². The van der Waals surface area contributed by atoms with E-state index in [9.17, 15) is 9.59 Å². The first kappa shape index (κ1) is 25.7. The lowest BCUT2D eigenvalue weighted by molar-refractivity contribution is -0.121. The first-order valence-electron chi connectivity index (χ1n) is 11.0. The number of hydrogen-bond acceptors (Lipinski definition) is 7. The monoisotopic (exact) mass is 506 g/mol. The van der Waals surface area contributed by atoms with E-state index in [-0.39, 0.29) is 42.4 Å². The first-order chi connectivity index (χ1) is 16.1. The van der Waals surface area contributed by atoms with E-state index in [4.69, 9.17) is 11.6 Å². The van der Waals surface area contributed by atoms with Crippen LogP contribution in [0.25, 0.3) is 5.69 Å². The van der Waals surface area contributed by atoms with Crippen LogP contribution in [0.5, 0.6) is 0 Å². The van der Waals surface area contributed by atoms with Crippen LogP contribution in [0.1, 0.15) is 24.8 Å². The summed E-state index contributed by atoms with van der Waals surface area (Å²) in [7, 11) is 0. The lowest BCUT2D eigenvalue weighted by Gasteiger charge is -2.13. The van der Waals surface area contributed by atoms with Gasteiger partial charge in [-0.25, -0.2) is 14.6 Å². The third kappa shape index (κ3) is 7.02. The molecule has 3 N–H and O–H groups in total. The standard InChI is InChI=1S/C22H27ClN8O2.ClH/c23-19-12-28-21(26-9-3-8-24-10-16-6-7-16)22(33)30(19)13-20(32)27-11-17-4-1-2-5-18(17)31-15-25-14-29-31;/h1-2,4-5,12,14-16,24H,3,6-11,13H2,(H,26,28)(H,27,32);1H. The molecule has 1 saturated carbocycles. The molecule has 34 heavy (non-hydrogen) atoms. The molecule has 0 unspecified atom stereocenters. The SMILES string of the molecule is Cl.O=C(Cn1c(Cl)cnc(NCCCNCC2CC2)c1=O)NCc1ccccc1-n1cncn1. The highest BCUT2D eigenvalue weighted by atomic mass is 35.5. The molecule has 0 saturated heterocycles. The average molecular weight is 507 g/mol. The van der Waals surface area contributed by atoms with Crippen molar-refractivity contribution in [3.63, 3.8) is 0 Å². The Morgan fingerprint density at radius 2 is 2.03 bits per heavy atom. The molecule has 2 heterocycles. The number of hydrogen-bond donors (Lipinski definition) is 3. The Balaban J connectivity index is 0.00000324. The second-order valence-corrected chi connectivity index (χ2v) is 8.38. The highest BCUT2D eigenvalue weighted by Gasteiger charge is 2.20. The van der Waals surface area contributed by atoms with E-state index >= 15 is 0 Å². The number of benzene rings is 1. The maximum Gasteiger partial charge on any atom is 0.294 e. The summed E-state index contributed by atoms with van der Waals surface area (Å²) >= 11 is 6.16. The van der Waals surface area contributed by atoms with Gasteiger partial charge in [0.25, 0.3) is 5.56 Å². The van der Waals surface area contributed by atoms with Crippen molar-refractivity contribution in [3.05, 3.63) is 64.2 Å². The average Bonchev–Trinajstić information content (AvgIpc) is 3.49. The van der Waals surface area contributed by atoms with E-state index in [2.05, 4.69) is 31.0 Å². The third-order valence-electron chi connectivity index (χ3n) is 5.39. The van der Waals surface area contributed by atoms with Crippen LogP contribution >= 0.6 is 24.0 Å². The number of rotatable bonds is 12. The molecule has 1 aliphatic carbocycles. The van der Waals surface area contributed by atoms with Gasteiger partial charge in [0.05, 0.1) is 11.9 Å². The van der Waals surface area contributed by atoms with Gasteiger partial charge >= 0.3 is 0 Å². The molecule has 0 bridgehead atoms. The van der Waals surface area contributed by atoms with Crippen molar-refractivity contribution in [1.29, 1.82) is 0 Å². The lowest BCUT2D eigenvalue weighted by atomic mass is 10.2. The number of halogens is 2. The fourth-order valence-corrected chi connectivity index (χ4v) is 3.58. The number of carbonyl (C=O) groups is 1. The molecule has 182 valence electrons. The predicted octanol–water partition coefficient (Wildman–Crippen LogP) is 2.02. The molecule has 0 radical (unpaired) electrons. The molecule has 0 atom stereocenters. The summed E-state index contributed by atoms with van der Waals surface area (Å²) in [5.74, 6) is 0.685. The van der Waals surface area contributed by atoms with E-state index in [0.717, 1.165) is 36.7 Å². The van der Waals surface area contributed by atoms with Gasteiger partial charge in [-0.3, -0.25) is 14.2 Å². The normalized spacial score (nSPS) is 12.7. The van der Waals surface area contributed by atoms with Gasteiger partial charge in [0.15, 0.2) is 5.82 Å². The Bertz CT molecular complexity index is 1130. The quantitative estimate of drug-likeness (QED) is 0.321. The summed E-state index contributed by atoms with van der Waals surface area (Å²) in [6, 6.07) is 7.55. The van der Waals surface area contributed by atoms with Gasteiger partial charge in [0.2, 0.25) is 5.91 Å². The Morgan fingerprint density at radius 3 is 2.79 bits per heavy atom. The van der Waals surface area contributed by atoms with Crippen LogP contribution in [-0.2, 0) is 17.9 Å². The molecule has 10 nitrogen and oxygen atoms in total. The smallest absolute Gasteiger partial charge is 0.294 e. The maximum atomic E-state index is 12.8. The topological polar surface area (TPSA) is 119 Å². The molecular weight excluding hydrogens is 479 g/mol. The van der Waals surface area contributed by atoms with Gasteiger partial charge in [-0.15, -0.1) is 12.4 Å². The van der Waals surface area contributed by atoms with Crippen molar-refractivity contribution in [2.75, 3.05) is 25.0 Å². The highest BCUT2D eigenvalue weighted by Crippen LogP contribution is 2.27. The molecule has 3 aromatic rings. The van der Waals surface area contributed by atoms with Crippen molar-refractivity contribution < 1.29 is 4.79 Å². The van der Waals surface area contributed by atoms with E-state index in [1.54, 1.807) is 11.0 Å². The molecule has 1 aromatic carbocycles. The second kappa shape index (κ2) is 12.5. The number of nitrogens with zero attached hydrogens (tertiary/aromatic N) is 5. The zero-order valence-electron chi connectivity index (χ0n) is 18.6. The second-order valence-electron chi connectivity index (χ2n) is 7.99. The zero-order valence-corrected chi connectivity index (χ0v) is 20.2.